The maximum Gasteiger partial charge on any atom is 0.262 e. The van der Waals surface area contributed by atoms with Crippen molar-refractivity contribution in [3.8, 4) is 0 Å². The van der Waals surface area contributed by atoms with Crippen molar-refractivity contribution in [2.75, 3.05) is 12.4 Å². The number of hydrogen-bond acceptors (Lipinski definition) is 6. The highest BCUT2D eigenvalue weighted by Crippen LogP contribution is 2.22. The van der Waals surface area contributed by atoms with Gasteiger partial charge in [0.25, 0.3) is 5.56 Å². The second kappa shape index (κ2) is 7.32. The summed E-state index contributed by atoms with van der Waals surface area (Å²) >= 11 is 1.21. The Labute approximate surface area is 159 Å². The van der Waals surface area contributed by atoms with Crippen molar-refractivity contribution in [1.82, 2.24) is 24.7 Å². The van der Waals surface area contributed by atoms with Gasteiger partial charge in [0.15, 0.2) is 16.6 Å². The van der Waals surface area contributed by atoms with E-state index in [9.17, 15) is 9.59 Å². The number of ketones is 1. The number of nitrogens with one attached hydrogen (secondary N) is 2. The van der Waals surface area contributed by atoms with Gasteiger partial charge in [0.05, 0.1) is 18.1 Å². The standard InChI is InChI=1S/C18H21N5O3S/c1-10-6-13(11(2)23(10)8-12-4-3-5-26-12)15(24)9-27-18-20-16-14(7-19-22-16)17(25)21-18/h6-7,12H,3-5,8-9H2,1-2H3,(H2,19,20,21,22,25)/t12-/m0/s1. The van der Waals surface area contributed by atoms with E-state index in [-0.39, 0.29) is 23.2 Å². The van der Waals surface area contributed by atoms with Crippen LogP contribution in [-0.2, 0) is 11.3 Å². The Kier molecular flexibility index (Phi) is 4.88. The van der Waals surface area contributed by atoms with Gasteiger partial charge in [-0.3, -0.25) is 14.7 Å². The highest BCUT2D eigenvalue weighted by molar-refractivity contribution is 7.99. The van der Waals surface area contributed by atoms with E-state index < -0.39 is 0 Å². The Morgan fingerprint density at radius 3 is 3.07 bits per heavy atom. The first-order chi connectivity index (χ1) is 13.0. The van der Waals surface area contributed by atoms with Crippen molar-refractivity contribution in [2.24, 2.45) is 0 Å². The molecule has 3 aromatic heterocycles. The number of carbonyl (C=O) groups is 1. The first-order valence-corrected chi connectivity index (χ1v) is 9.89. The lowest BCUT2D eigenvalue weighted by Gasteiger charge is -2.14. The van der Waals surface area contributed by atoms with Crippen LogP contribution in [0.5, 0.6) is 0 Å². The van der Waals surface area contributed by atoms with E-state index in [0.29, 0.717) is 21.8 Å². The number of aryl methyl sites for hydroxylation is 1. The smallest absolute Gasteiger partial charge is 0.262 e. The topological polar surface area (TPSA) is 106 Å². The third kappa shape index (κ3) is 3.57. The van der Waals surface area contributed by atoms with Crippen molar-refractivity contribution in [3.63, 3.8) is 0 Å². The lowest BCUT2D eigenvalue weighted by atomic mass is 10.2. The van der Waals surface area contributed by atoms with Crippen LogP contribution in [0.15, 0.2) is 22.2 Å². The number of fused-ring (bicyclic) bond motifs is 1. The van der Waals surface area contributed by atoms with Crippen molar-refractivity contribution >= 4 is 28.6 Å². The number of aromatic nitrogens is 5. The largest absolute Gasteiger partial charge is 0.376 e. The third-order valence-electron chi connectivity index (χ3n) is 4.92. The minimum Gasteiger partial charge on any atom is -0.376 e. The summed E-state index contributed by atoms with van der Waals surface area (Å²) in [6, 6.07) is 1.93. The monoisotopic (exact) mass is 387 g/mol. The van der Waals surface area contributed by atoms with E-state index in [0.717, 1.165) is 37.4 Å². The summed E-state index contributed by atoms with van der Waals surface area (Å²) in [6.45, 7) is 5.58. The van der Waals surface area contributed by atoms with Crippen LogP contribution in [-0.4, -0.2) is 49.0 Å². The van der Waals surface area contributed by atoms with Crippen molar-refractivity contribution in [2.45, 2.75) is 44.5 Å². The van der Waals surface area contributed by atoms with Crippen LogP contribution < -0.4 is 5.56 Å². The summed E-state index contributed by atoms with van der Waals surface area (Å²) in [7, 11) is 0. The van der Waals surface area contributed by atoms with Gasteiger partial charge in [-0.2, -0.15) is 5.10 Å². The van der Waals surface area contributed by atoms with E-state index in [4.69, 9.17) is 4.74 Å². The summed E-state index contributed by atoms with van der Waals surface area (Å²) in [5.41, 5.74) is 2.88. The average Bonchev–Trinajstić information content (AvgIpc) is 3.37. The van der Waals surface area contributed by atoms with Crippen molar-refractivity contribution in [1.29, 1.82) is 0 Å². The van der Waals surface area contributed by atoms with E-state index in [1.807, 2.05) is 19.9 Å². The Morgan fingerprint density at radius 1 is 1.44 bits per heavy atom. The van der Waals surface area contributed by atoms with Gasteiger partial charge in [0, 0.05) is 30.1 Å². The summed E-state index contributed by atoms with van der Waals surface area (Å²) in [4.78, 5) is 31.7. The van der Waals surface area contributed by atoms with E-state index >= 15 is 0 Å². The number of ether oxygens (including phenoxy) is 1. The molecule has 3 aromatic rings. The molecular weight excluding hydrogens is 366 g/mol. The molecule has 8 nitrogen and oxygen atoms in total. The first-order valence-electron chi connectivity index (χ1n) is 8.90. The molecule has 0 radical (unpaired) electrons. The molecule has 0 bridgehead atoms. The number of nitrogens with zero attached hydrogens (tertiary/aromatic N) is 3. The zero-order valence-electron chi connectivity index (χ0n) is 15.2. The zero-order chi connectivity index (χ0) is 19.0. The number of H-pyrrole nitrogens is 2. The maximum absolute atomic E-state index is 12.7. The van der Waals surface area contributed by atoms with Crippen LogP contribution in [0.2, 0.25) is 0 Å². The van der Waals surface area contributed by atoms with Gasteiger partial charge >= 0.3 is 0 Å². The number of aromatic amines is 2. The molecule has 0 spiro atoms. The maximum atomic E-state index is 12.7. The quantitative estimate of drug-likeness (QED) is 0.382. The van der Waals surface area contributed by atoms with Crippen LogP contribution in [0.1, 0.15) is 34.6 Å². The predicted molar refractivity (Wildman–Crippen MR) is 102 cm³/mol. The van der Waals surface area contributed by atoms with Crippen molar-refractivity contribution in [3.05, 3.63) is 39.6 Å². The SMILES string of the molecule is Cc1cc(C(=O)CSc2nc3[nH]ncc3c(=O)[nH]2)c(C)n1C[C@@H]1CCCO1. The zero-order valence-corrected chi connectivity index (χ0v) is 16.1. The Balaban J connectivity index is 1.48. The van der Waals surface area contributed by atoms with Crippen LogP contribution in [0.3, 0.4) is 0 Å². The van der Waals surface area contributed by atoms with E-state index in [2.05, 4.69) is 24.7 Å². The molecule has 0 unspecified atom stereocenters. The molecule has 0 aliphatic carbocycles. The second-order valence-electron chi connectivity index (χ2n) is 6.75. The number of hydrogen-bond donors (Lipinski definition) is 2. The highest BCUT2D eigenvalue weighted by Gasteiger charge is 2.21. The summed E-state index contributed by atoms with van der Waals surface area (Å²) in [6.07, 6.45) is 3.82. The Morgan fingerprint density at radius 2 is 2.30 bits per heavy atom. The lowest BCUT2D eigenvalue weighted by Crippen LogP contribution is -2.17. The van der Waals surface area contributed by atoms with Gasteiger partial charge in [-0.05, 0) is 32.8 Å². The lowest BCUT2D eigenvalue weighted by molar-refractivity contribution is 0.0957. The number of rotatable bonds is 6. The number of Topliss-reactive ketones (excluding diaryl/α,β-unsaturated/α-hetero) is 1. The molecular formula is C18H21N5O3S. The van der Waals surface area contributed by atoms with Gasteiger partial charge in [-0.1, -0.05) is 11.8 Å². The molecule has 0 amide bonds. The summed E-state index contributed by atoms with van der Waals surface area (Å²) in [5.74, 6) is 0.214. The van der Waals surface area contributed by atoms with Crippen molar-refractivity contribution < 1.29 is 9.53 Å². The second-order valence-corrected chi connectivity index (χ2v) is 7.71. The van der Waals surface area contributed by atoms with Crippen LogP contribution in [0.4, 0.5) is 0 Å². The molecule has 9 heteroatoms. The Bertz CT molecular complexity index is 1050. The van der Waals surface area contributed by atoms with E-state index in [1.54, 1.807) is 0 Å². The van der Waals surface area contributed by atoms with Gasteiger partial charge in [-0.25, -0.2) is 4.98 Å². The molecule has 4 rings (SSSR count). The molecule has 0 aromatic carbocycles. The third-order valence-corrected chi connectivity index (χ3v) is 5.80. The van der Waals surface area contributed by atoms with Crippen LogP contribution >= 0.6 is 11.8 Å². The molecule has 1 aliphatic heterocycles. The molecule has 2 N–H and O–H groups in total. The number of thioether (sulfide) groups is 1. The summed E-state index contributed by atoms with van der Waals surface area (Å²) < 4.78 is 7.88. The van der Waals surface area contributed by atoms with Gasteiger partial charge in [0.1, 0.15) is 5.39 Å². The highest BCUT2D eigenvalue weighted by atomic mass is 32.2. The fourth-order valence-corrected chi connectivity index (χ4v) is 4.21. The molecule has 142 valence electrons. The normalized spacial score (nSPS) is 17.0. The van der Waals surface area contributed by atoms with E-state index in [1.165, 1.54) is 18.0 Å². The Hall–Kier alpha value is -2.39. The molecule has 1 aliphatic rings. The summed E-state index contributed by atoms with van der Waals surface area (Å²) in [5, 5.41) is 7.30. The molecule has 4 heterocycles. The molecule has 27 heavy (non-hydrogen) atoms. The van der Waals surface area contributed by atoms with Crippen LogP contribution in [0, 0.1) is 13.8 Å². The molecule has 1 saturated heterocycles. The first kappa shape index (κ1) is 18.0. The minimum absolute atomic E-state index is 0.0130. The van der Waals surface area contributed by atoms with Gasteiger partial charge in [-0.15, -0.1) is 0 Å². The predicted octanol–water partition coefficient (Wildman–Crippen LogP) is 2.22. The average molecular weight is 387 g/mol. The molecule has 1 fully saturated rings. The van der Waals surface area contributed by atoms with Gasteiger partial charge < -0.3 is 14.3 Å². The fourth-order valence-electron chi connectivity index (χ4n) is 3.46. The molecule has 1 atom stereocenters. The van der Waals surface area contributed by atoms with Crippen LogP contribution in [0.25, 0.3) is 11.0 Å². The number of carbonyl (C=O) groups excluding carboxylic acids is 1. The fraction of sp³-hybridized carbons (Fsp3) is 0.444. The molecule has 0 saturated carbocycles. The van der Waals surface area contributed by atoms with Gasteiger partial charge in [0.2, 0.25) is 0 Å². The minimum atomic E-state index is -0.265.